The van der Waals surface area contributed by atoms with Crippen LogP contribution in [0.15, 0.2) is 268 Å². The first-order chi connectivity index (χ1) is 34.4. The van der Waals surface area contributed by atoms with Crippen LogP contribution >= 0.6 is 22.7 Å². The van der Waals surface area contributed by atoms with Crippen LogP contribution in [0.5, 0.6) is 0 Å². The Hall–Kier alpha value is -7.96. The van der Waals surface area contributed by atoms with Crippen molar-refractivity contribution in [1.82, 2.24) is 0 Å². The maximum absolute atomic E-state index is 4.17. The van der Waals surface area contributed by atoms with E-state index in [0.717, 1.165) is 45.5 Å². The van der Waals surface area contributed by atoms with Crippen molar-refractivity contribution in [3.8, 4) is 0 Å². The summed E-state index contributed by atoms with van der Waals surface area (Å²) in [4.78, 5) is 7.04. The average Bonchev–Trinajstić information content (AvgIpc) is 3.97. The van der Waals surface area contributed by atoms with Gasteiger partial charge in [0.25, 0.3) is 0 Å². The molecular weight excluding hydrogens is 887 g/mol. The van der Waals surface area contributed by atoms with E-state index in [9.17, 15) is 0 Å². The second-order valence-electron chi connectivity index (χ2n) is 16.1. The van der Waals surface area contributed by atoms with E-state index >= 15 is 0 Å². The van der Waals surface area contributed by atoms with Crippen molar-refractivity contribution < 1.29 is 0 Å². The van der Waals surface area contributed by atoms with Crippen molar-refractivity contribution in [3.63, 3.8) is 0 Å². The number of hydrogen-bond donors (Lipinski definition) is 0. The third-order valence-electron chi connectivity index (χ3n) is 11.2. The molecule has 2 aromatic heterocycles. The first kappa shape index (κ1) is 49.9. The lowest BCUT2D eigenvalue weighted by Gasteiger charge is -2.26. The zero-order chi connectivity index (χ0) is 49.2. The van der Waals surface area contributed by atoms with E-state index in [1.165, 1.54) is 46.0 Å². The molecule has 0 aliphatic rings. The van der Waals surface area contributed by atoms with E-state index in [0.29, 0.717) is 0 Å². The first-order valence-corrected chi connectivity index (χ1v) is 25.3. The molecule has 5 heteroatoms. The van der Waals surface area contributed by atoms with Crippen LogP contribution in [0, 0.1) is 0 Å². The van der Waals surface area contributed by atoms with E-state index in [4.69, 9.17) is 0 Å². The van der Waals surface area contributed by atoms with Crippen LogP contribution in [0.3, 0.4) is 0 Å². The first-order valence-electron chi connectivity index (χ1n) is 23.6. The molecule has 0 atom stereocenters. The van der Waals surface area contributed by atoms with Gasteiger partial charge >= 0.3 is 0 Å². The Kier molecular flexibility index (Phi) is 17.7. The third-order valence-corrected chi connectivity index (χ3v) is 13.6. The minimum Gasteiger partial charge on any atom is -0.310 e. The van der Waals surface area contributed by atoms with Crippen molar-refractivity contribution in [1.29, 1.82) is 0 Å². The van der Waals surface area contributed by atoms with Crippen LogP contribution in [-0.4, -0.2) is 0 Å². The van der Waals surface area contributed by atoms with Crippen LogP contribution in [0.4, 0.5) is 45.5 Å². The maximum Gasteiger partial charge on any atom is 0.0640 e. The van der Waals surface area contributed by atoms with Crippen molar-refractivity contribution in [2.45, 2.75) is 34.6 Å². The fourth-order valence-corrected chi connectivity index (χ4v) is 10.5. The highest BCUT2D eigenvalue weighted by Gasteiger charge is 2.21. The lowest BCUT2D eigenvalue weighted by Crippen LogP contribution is -2.14. The Bertz CT molecular complexity index is 3330. The van der Waals surface area contributed by atoms with Gasteiger partial charge < -0.3 is 14.7 Å². The Morgan fingerprint density at radius 1 is 0.386 bits per heavy atom. The van der Waals surface area contributed by atoms with Crippen molar-refractivity contribution in [2.75, 3.05) is 14.7 Å². The minimum absolute atomic E-state index is 1.01. The molecule has 0 aliphatic heterocycles. The molecule has 0 aliphatic carbocycles. The van der Waals surface area contributed by atoms with Crippen molar-refractivity contribution >= 4 is 109 Å². The van der Waals surface area contributed by atoms with Crippen LogP contribution in [-0.2, 0) is 0 Å². The van der Waals surface area contributed by atoms with E-state index < -0.39 is 0 Å². The molecule has 3 nitrogen and oxygen atoms in total. The molecule has 348 valence electrons. The number of rotatable bonds is 11. The summed E-state index contributed by atoms with van der Waals surface area (Å²) in [5, 5.41) is 4.98. The van der Waals surface area contributed by atoms with Gasteiger partial charge in [-0.25, -0.2) is 0 Å². The molecule has 0 saturated carbocycles. The van der Waals surface area contributed by atoms with Crippen LogP contribution in [0.1, 0.15) is 34.6 Å². The summed E-state index contributed by atoms with van der Waals surface area (Å²) in [6, 6.07) is 70.0. The van der Waals surface area contributed by atoms with Gasteiger partial charge in [0.05, 0.1) is 10.4 Å². The van der Waals surface area contributed by atoms with E-state index in [-0.39, 0.29) is 0 Å². The molecular formula is C65H61N3S2. The Labute approximate surface area is 423 Å². The molecule has 0 spiro atoms. The highest BCUT2D eigenvalue weighted by molar-refractivity contribution is 7.26. The second-order valence-corrected chi connectivity index (χ2v) is 18.2. The summed E-state index contributed by atoms with van der Waals surface area (Å²) in [5.74, 6) is 0. The van der Waals surface area contributed by atoms with Gasteiger partial charge in [0, 0.05) is 81.2 Å². The van der Waals surface area contributed by atoms with Crippen LogP contribution in [0.25, 0.3) is 40.3 Å². The van der Waals surface area contributed by atoms with E-state index in [2.05, 4.69) is 241 Å². The summed E-state index contributed by atoms with van der Waals surface area (Å²) in [6.45, 7) is 20.7. The molecule has 0 bridgehead atoms. The van der Waals surface area contributed by atoms with Gasteiger partial charge in [-0.15, -0.1) is 35.8 Å². The molecule has 10 aromatic rings. The number of allylic oxidation sites excluding steroid dienone is 8. The smallest absolute Gasteiger partial charge is 0.0640 e. The summed E-state index contributed by atoms with van der Waals surface area (Å²) in [5.41, 5.74) is 9.98. The fourth-order valence-electron chi connectivity index (χ4n) is 8.18. The second kappa shape index (κ2) is 24.9. The standard InChI is InChI=1S/C55H41N3S2.C4H8.2C3H6/c1-3-5-19-39(4-2)56(40-20-10-6-11-21-40)46-30-33-47-49-36-44(31-34-52(49)59-54(47)38-46)57(41-22-12-7-13-23-41)45-32-35-53-50(37-45)48-28-18-29-51(55(48)60-53)58(42-24-14-8-15-25-42)43-26-16-9-17-27-43;1-3-4-2;2*1-3-2/h3-38H,2H2,1H3;3-4H,1-2H3;2*3H,1H2,2H3/b5-3-,39-19+;4-3-;;. The largest absolute Gasteiger partial charge is 0.310 e. The lowest BCUT2D eigenvalue weighted by molar-refractivity contribution is 1.21. The van der Waals surface area contributed by atoms with Crippen LogP contribution in [0.2, 0.25) is 0 Å². The molecule has 0 amide bonds. The lowest BCUT2D eigenvalue weighted by atomic mass is 10.1. The third kappa shape index (κ3) is 11.3. The molecule has 70 heavy (non-hydrogen) atoms. The number of nitrogens with zero attached hydrogens (tertiary/aromatic N) is 3. The zero-order valence-electron chi connectivity index (χ0n) is 40.9. The molecule has 0 radical (unpaired) electrons. The summed E-state index contributed by atoms with van der Waals surface area (Å²) in [7, 11) is 0. The fraction of sp³-hybridized carbons (Fsp3) is 0.0769. The summed E-state index contributed by atoms with van der Waals surface area (Å²) < 4.78 is 5.02. The van der Waals surface area contributed by atoms with Gasteiger partial charge in [-0.1, -0.05) is 134 Å². The Balaban J connectivity index is 0.000000665. The van der Waals surface area contributed by atoms with E-state index in [1.54, 1.807) is 12.2 Å². The zero-order valence-corrected chi connectivity index (χ0v) is 42.5. The van der Waals surface area contributed by atoms with Gasteiger partial charge in [0.2, 0.25) is 0 Å². The monoisotopic (exact) mass is 947 g/mol. The SMILES string of the molecule is C/C=C\C.C=C/C(=C\C=C/C)N(c1ccccc1)c1ccc2c(c1)sc1ccc(N(c3ccccc3)c3ccc4sc5c(N(c6ccccc6)c6ccccc6)cccc5c4c3)cc12.C=CC.C=CC. The topological polar surface area (TPSA) is 9.72 Å². The molecule has 10 rings (SSSR count). The highest BCUT2D eigenvalue weighted by atomic mass is 32.1. The van der Waals surface area contributed by atoms with Gasteiger partial charge in [-0.05, 0) is 150 Å². The molecule has 2 heterocycles. The van der Waals surface area contributed by atoms with Gasteiger partial charge in [0.1, 0.15) is 0 Å². The normalized spacial score (nSPS) is 11.1. The van der Waals surface area contributed by atoms with Crippen molar-refractivity contribution in [3.05, 3.63) is 268 Å². The van der Waals surface area contributed by atoms with E-state index in [1.807, 2.05) is 81.6 Å². The molecule has 0 unspecified atom stereocenters. The van der Waals surface area contributed by atoms with Gasteiger partial charge in [-0.3, -0.25) is 0 Å². The van der Waals surface area contributed by atoms with Gasteiger partial charge in [0.15, 0.2) is 0 Å². The average molecular weight is 948 g/mol. The predicted molar refractivity (Wildman–Crippen MR) is 315 cm³/mol. The minimum atomic E-state index is 1.01. The Morgan fingerprint density at radius 2 is 0.857 bits per heavy atom. The molecule has 0 N–H and O–H groups in total. The molecule has 0 saturated heterocycles. The quantitative estimate of drug-likeness (QED) is 0.0945. The van der Waals surface area contributed by atoms with Gasteiger partial charge in [-0.2, -0.15) is 0 Å². The number of hydrogen-bond acceptors (Lipinski definition) is 5. The predicted octanol–water partition coefficient (Wildman–Crippen LogP) is 21.1. The van der Waals surface area contributed by atoms with Crippen LogP contribution < -0.4 is 14.7 Å². The van der Waals surface area contributed by atoms with Crippen molar-refractivity contribution in [2.24, 2.45) is 0 Å². The number of benzene rings is 8. The number of para-hydroxylation sites is 4. The maximum atomic E-state index is 4.17. The molecule has 8 aromatic carbocycles. The summed E-state index contributed by atoms with van der Waals surface area (Å²) >= 11 is 3.69. The number of anilines is 8. The number of fused-ring (bicyclic) bond motifs is 6. The highest BCUT2D eigenvalue weighted by Crippen LogP contribution is 2.47. The summed E-state index contributed by atoms with van der Waals surface area (Å²) in [6.07, 6.45) is 15.6. The molecule has 0 fully saturated rings. The Morgan fingerprint density at radius 3 is 1.36 bits per heavy atom. The number of thiophene rings is 2.